The fourth-order valence-corrected chi connectivity index (χ4v) is 2.49. The van der Waals surface area contributed by atoms with Crippen molar-refractivity contribution in [3.05, 3.63) is 65.6 Å². The first kappa shape index (κ1) is 15.2. The van der Waals surface area contributed by atoms with E-state index in [2.05, 4.69) is 15.3 Å². The number of hydrogen-bond acceptors (Lipinski definition) is 3. The number of H-pyrrole nitrogens is 1. The van der Waals surface area contributed by atoms with Crippen LogP contribution >= 0.6 is 0 Å². The number of carbonyl (C=O) groups excluding carboxylic acids is 1. The van der Waals surface area contributed by atoms with Crippen molar-refractivity contribution in [1.29, 1.82) is 0 Å². The van der Waals surface area contributed by atoms with Crippen LogP contribution in [0.2, 0.25) is 0 Å². The number of amides is 1. The molecule has 0 saturated carbocycles. The predicted molar refractivity (Wildman–Crippen MR) is 89.1 cm³/mol. The van der Waals surface area contributed by atoms with Crippen molar-refractivity contribution < 1.29 is 9.53 Å². The topological polar surface area (TPSA) is 67.0 Å². The minimum absolute atomic E-state index is 0.00129. The largest absolute Gasteiger partial charge is 0.369 e. The molecule has 0 aliphatic carbocycles. The summed E-state index contributed by atoms with van der Waals surface area (Å²) in [5.41, 5.74) is 3.44. The zero-order chi connectivity index (χ0) is 16.2. The van der Waals surface area contributed by atoms with E-state index in [1.165, 1.54) is 0 Å². The second-order valence-corrected chi connectivity index (χ2v) is 5.37. The minimum Gasteiger partial charge on any atom is -0.369 e. The molecule has 0 aliphatic heterocycles. The molecule has 5 nitrogen and oxygen atoms in total. The highest BCUT2D eigenvalue weighted by Gasteiger charge is 2.11. The van der Waals surface area contributed by atoms with Crippen molar-refractivity contribution in [3.8, 4) is 0 Å². The van der Waals surface area contributed by atoms with Crippen LogP contribution in [0.15, 0.2) is 48.8 Å². The van der Waals surface area contributed by atoms with Crippen molar-refractivity contribution in [3.63, 3.8) is 0 Å². The molecule has 0 spiro atoms. The molecule has 0 saturated heterocycles. The molecule has 1 atom stereocenters. The number of aromatic nitrogens is 2. The maximum absolute atomic E-state index is 11.7. The van der Waals surface area contributed by atoms with Gasteiger partial charge in [-0.3, -0.25) is 4.79 Å². The Labute approximate surface area is 134 Å². The van der Waals surface area contributed by atoms with Crippen LogP contribution in [0.1, 0.15) is 34.6 Å². The third-order valence-corrected chi connectivity index (χ3v) is 3.87. The van der Waals surface area contributed by atoms with E-state index in [4.69, 9.17) is 4.74 Å². The van der Waals surface area contributed by atoms with Crippen molar-refractivity contribution in [2.75, 3.05) is 7.05 Å². The highest BCUT2D eigenvalue weighted by Crippen LogP contribution is 2.23. The monoisotopic (exact) mass is 309 g/mol. The van der Waals surface area contributed by atoms with E-state index in [0.29, 0.717) is 12.3 Å². The first-order valence-corrected chi connectivity index (χ1v) is 7.53. The van der Waals surface area contributed by atoms with Gasteiger partial charge in [-0.2, -0.15) is 0 Å². The van der Waals surface area contributed by atoms with Crippen molar-refractivity contribution >= 4 is 16.8 Å². The SMILES string of the molecule is CNC(=O)c1cc2c(CO[C@H](C)c3ccccc3)c[nH]c2cn1. The molecular weight excluding hydrogens is 290 g/mol. The van der Waals surface area contributed by atoms with Crippen LogP contribution in [0, 0.1) is 0 Å². The minimum atomic E-state index is -0.197. The van der Waals surface area contributed by atoms with Crippen LogP contribution in [-0.4, -0.2) is 22.9 Å². The molecule has 23 heavy (non-hydrogen) atoms. The van der Waals surface area contributed by atoms with Crippen LogP contribution in [-0.2, 0) is 11.3 Å². The summed E-state index contributed by atoms with van der Waals surface area (Å²) in [5.74, 6) is -0.197. The fraction of sp³-hybridized carbons (Fsp3) is 0.222. The van der Waals surface area contributed by atoms with E-state index in [0.717, 1.165) is 22.0 Å². The van der Waals surface area contributed by atoms with Crippen LogP contribution in [0.25, 0.3) is 10.9 Å². The number of hydrogen-bond donors (Lipinski definition) is 2. The smallest absolute Gasteiger partial charge is 0.269 e. The number of fused-ring (bicyclic) bond motifs is 1. The van der Waals surface area contributed by atoms with Gasteiger partial charge in [0.15, 0.2) is 0 Å². The second-order valence-electron chi connectivity index (χ2n) is 5.37. The van der Waals surface area contributed by atoms with E-state index in [9.17, 15) is 4.79 Å². The lowest BCUT2D eigenvalue weighted by Crippen LogP contribution is -2.18. The summed E-state index contributed by atoms with van der Waals surface area (Å²) in [7, 11) is 1.59. The molecule has 0 radical (unpaired) electrons. The van der Waals surface area contributed by atoms with Crippen LogP contribution < -0.4 is 5.32 Å². The maximum Gasteiger partial charge on any atom is 0.269 e. The van der Waals surface area contributed by atoms with Gasteiger partial charge in [-0.1, -0.05) is 30.3 Å². The van der Waals surface area contributed by atoms with Gasteiger partial charge in [0, 0.05) is 24.2 Å². The summed E-state index contributed by atoms with van der Waals surface area (Å²) in [6.07, 6.45) is 3.57. The lowest BCUT2D eigenvalue weighted by Gasteiger charge is -2.13. The molecule has 3 aromatic rings. The van der Waals surface area contributed by atoms with Gasteiger partial charge < -0.3 is 15.0 Å². The number of benzene rings is 1. The standard InChI is InChI=1S/C18H19N3O2/c1-12(13-6-4-3-5-7-13)23-11-14-9-20-17-10-21-16(8-15(14)17)18(22)19-2/h3-10,12,20H,11H2,1-2H3,(H,19,22)/t12-/m1/s1. The molecule has 2 heterocycles. The lowest BCUT2D eigenvalue weighted by atomic mass is 10.1. The molecule has 5 heteroatoms. The number of pyridine rings is 1. The summed E-state index contributed by atoms with van der Waals surface area (Å²) < 4.78 is 5.97. The van der Waals surface area contributed by atoms with Crippen molar-refractivity contribution in [2.24, 2.45) is 0 Å². The van der Waals surface area contributed by atoms with E-state index < -0.39 is 0 Å². The summed E-state index contributed by atoms with van der Waals surface area (Å²) in [5, 5.41) is 3.54. The maximum atomic E-state index is 11.7. The number of ether oxygens (including phenoxy) is 1. The number of nitrogens with zero attached hydrogens (tertiary/aromatic N) is 1. The molecular formula is C18H19N3O2. The Hall–Kier alpha value is -2.66. The van der Waals surface area contributed by atoms with Crippen LogP contribution in [0.4, 0.5) is 0 Å². The second kappa shape index (κ2) is 6.62. The van der Waals surface area contributed by atoms with Gasteiger partial charge in [0.2, 0.25) is 0 Å². The molecule has 2 N–H and O–H groups in total. The molecule has 3 rings (SSSR count). The van der Waals surface area contributed by atoms with Crippen molar-refractivity contribution in [1.82, 2.24) is 15.3 Å². The quantitative estimate of drug-likeness (QED) is 0.760. The van der Waals surface area contributed by atoms with Crippen LogP contribution in [0.3, 0.4) is 0 Å². The highest BCUT2D eigenvalue weighted by atomic mass is 16.5. The normalized spacial score (nSPS) is 12.3. The van der Waals surface area contributed by atoms with E-state index in [-0.39, 0.29) is 12.0 Å². The van der Waals surface area contributed by atoms with Crippen molar-refractivity contribution in [2.45, 2.75) is 19.6 Å². The fourth-order valence-electron chi connectivity index (χ4n) is 2.49. The van der Waals surface area contributed by atoms with Gasteiger partial charge >= 0.3 is 0 Å². The number of carbonyl (C=O) groups is 1. The first-order valence-electron chi connectivity index (χ1n) is 7.53. The van der Waals surface area contributed by atoms with Gasteiger partial charge in [0.1, 0.15) is 5.69 Å². The molecule has 0 aliphatic rings. The van der Waals surface area contributed by atoms with Gasteiger partial charge in [-0.15, -0.1) is 0 Å². The van der Waals surface area contributed by atoms with Gasteiger partial charge in [0.25, 0.3) is 5.91 Å². The summed E-state index contributed by atoms with van der Waals surface area (Å²) in [6, 6.07) is 11.9. The van der Waals surface area contributed by atoms with E-state index in [1.807, 2.05) is 43.5 Å². The van der Waals surface area contributed by atoms with Crippen LogP contribution in [0.5, 0.6) is 0 Å². The Morgan fingerprint density at radius 3 is 2.87 bits per heavy atom. The highest BCUT2D eigenvalue weighted by molar-refractivity contribution is 5.96. The number of aromatic amines is 1. The molecule has 1 amide bonds. The molecule has 1 aromatic carbocycles. The Balaban J connectivity index is 1.79. The first-order chi connectivity index (χ1) is 11.2. The Bertz CT molecular complexity index is 812. The average Bonchev–Trinajstić information content (AvgIpc) is 3.02. The van der Waals surface area contributed by atoms with Gasteiger partial charge in [-0.05, 0) is 18.6 Å². The Kier molecular flexibility index (Phi) is 4.39. The average molecular weight is 309 g/mol. The molecule has 2 aromatic heterocycles. The predicted octanol–water partition coefficient (Wildman–Crippen LogP) is 3.20. The van der Waals surface area contributed by atoms with Gasteiger partial charge in [0.05, 0.1) is 24.4 Å². The molecule has 0 fully saturated rings. The Morgan fingerprint density at radius 2 is 2.13 bits per heavy atom. The molecule has 0 unspecified atom stereocenters. The van der Waals surface area contributed by atoms with Gasteiger partial charge in [-0.25, -0.2) is 4.98 Å². The number of nitrogens with one attached hydrogen (secondary N) is 2. The molecule has 0 bridgehead atoms. The molecule has 118 valence electrons. The summed E-state index contributed by atoms with van der Waals surface area (Å²) in [6.45, 7) is 2.49. The van der Waals surface area contributed by atoms with E-state index in [1.54, 1.807) is 19.3 Å². The lowest BCUT2D eigenvalue weighted by molar-refractivity contribution is 0.0532. The Morgan fingerprint density at radius 1 is 1.35 bits per heavy atom. The zero-order valence-corrected chi connectivity index (χ0v) is 13.2. The summed E-state index contributed by atoms with van der Waals surface area (Å²) >= 11 is 0. The summed E-state index contributed by atoms with van der Waals surface area (Å²) in [4.78, 5) is 19.0. The zero-order valence-electron chi connectivity index (χ0n) is 13.2. The third-order valence-electron chi connectivity index (χ3n) is 3.87. The number of rotatable bonds is 5. The third kappa shape index (κ3) is 3.24. The van der Waals surface area contributed by atoms with E-state index >= 15 is 0 Å².